The maximum Gasteiger partial charge on any atom is 0.253 e. The van der Waals surface area contributed by atoms with E-state index in [0.717, 1.165) is 48.1 Å². The Morgan fingerprint density at radius 3 is 2.63 bits per heavy atom. The molecule has 0 bridgehead atoms. The first kappa shape index (κ1) is 20.0. The lowest BCUT2D eigenvalue weighted by molar-refractivity contribution is -0.120. The number of aryl methyl sites for hydroxylation is 2. The van der Waals surface area contributed by atoms with Crippen LogP contribution in [0.3, 0.4) is 0 Å². The summed E-state index contributed by atoms with van der Waals surface area (Å²) in [4.78, 5) is 13.3. The Balaban J connectivity index is 1.46. The van der Waals surface area contributed by atoms with Crippen LogP contribution in [0, 0.1) is 0 Å². The van der Waals surface area contributed by atoms with E-state index in [1.165, 1.54) is 26.9 Å². The molecule has 2 aliphatic rings. The van der Waals surface area contributed by atoms with Crippen LogP contribution in [-0.2, 0) is 27.7 Å². The first-order valence-electron chi connectivity index (χ1n) is 10.1. The highest BCUT2D eigenvalue weighted by atomic mass is 35.5. The maximum atomic E-state index is 13.3. The van der Waals surface area contributed by atoms with Crippen LogP contribution in [0.5, 0.6) is 0 Å². The summed E-state index contributed by atoms with van der Waals surface area (Å²) < 4.78 is 28.3. The van der Waals surface area contributed by atoms with Gasteiger partial charge in [-0.15, -0.1) is 11.3 Å². The second kappa shape index (κ2) is 7.64. The number of carbonyl (C=O) groups is 1. The summed E-state index contributed by atoms with van der Waals surface area (Å²) in [5, 5.41) is 5.27. The standard InChI is InChI=1S/C22H21ClN2O3S2/c23-19-11-12-20(29-19)30(27,28)25-13-2-1-6-18(25)22(26)24-17-10-9-15-8-7-14-4-3-5-16(17)21(14)15/h3-5,9-12,18H,1-2,6-8,13H2,(H,24,26)/t18-/m0/s1. The van der Waals surface area contributed by atoms with Crippen LogP contribution in [0.4, 0.5) is 5.69 Å². The molecule has 5 nitrogen and oxygen atoms in total. The zero-order valence-corrected chi connectivity index (χ0v) is 18.6. The van der Waals surface area contributed by atoms with Gasteiger partial charge in [0, 0.05) is 17.6 Å². The van der Waals surface area contributed by atoms with E-state index in [1.54, 1.807) is 6.07 Å². The second-order valence-electron chi connectivity index (χ2n) is 7.79. The lowest BCUT2D eigenvalue weighted by Gasteiger charge is -2.33. The summed E-state index contributed by atoms with van der Waals surface area (Å²) in [6.45, 7) is 0.333. The Morgan fingerprint density at radius 1 is 1.07 bits per heavy atom. The molecule has 1 fully saturated rings. The monoisotopic (exact) mass is 460 g/mol. The Labute approximate surface area is 184 Å². The minimum absolute atomic E-state index is 0.178. The molecular formula is C22H21ClN2O3S2. The van der Waals surface area contributed by atoms with Crippen LogP contribution in [-0.4, -0.2) is 31.2 Å². The number of hydrogen-bond acceptors (Lipinski definition) is 4. The fraction of sp³-hybridized carbons (Fsp3) is 0.318. The molecule has 5 rings (SSSR count). The van der Waals surface area contributed by atoms with Crippen LogP contribution >= 0.6 is 22.9 Å². The number of rotatable bonds is 4. The summed E-state index contributed by atoms with van der Waals surface area (Å²) in [7, 11) is -3.77. The summed E-state index contributed by atoms with van der Waals surface area (Å²) in [6, 6.07) is 12.5. The molecule has 156 valence electrons. The third-order valence-electron chi connectivity index (χ3n) is 6.00. The number of halogens is 1. The first-order valence-corrected chi connectivity index (χ1v) is 12.7. The summed E-state index contributed by atoms with van der Waals surface area (Å²) >= 11 is 6.98. The molecule has 0 spiro atoms. The van der Waals surface area contributed by atoms with Crippen LogP contribution in [0.15, 0.2) is 46.7 Å². The average Bonchev–Trinajstić information content (AvgIpc) is 3.38. The van der Waals surface area contributed by atoms with Crippen molar-refractivity contribution in [3.8, 4) is 0 Å². The van der Waals surface area contributed by atoms with Crippen molar-refractivity contribution in [3.63, 3.8) is 0 Å². The number of piperidine rings is 1. The van der Waals surface area contributed by atoms with Crippen molar-refractivity contribution >= 4 is 55.3 Å². The highest BCUT2D eigenvalue weighted by Crippen LogP contribution is 2.36. The molecule has 0 saturated carbocycles. The van der Waals surface area contributed by atoms with Crippen LogP contribution in [0.2, 0.25) is 4.34 Å². The molecule has 1 aliphatic carbocycles. The summed E-state index contributed by atoms with van der Waals surface area (Å²) in [5.74, 6) is -0.278. The van der Waals surface area contributed by atoms with Crippen LogP contribution in [0.25, 0.3) is 10.8 Å². The molecule has 1 saturated heterocycles. The van der Waals surface area contributed by atoms with Crippen molar-refractivity contribution in [2.24, 2.45) is 0 Å². The summed E-state index contributed by atoms with van der Waals surface area (Å²) in [5.41, 5.74) is 3.34. The number of sulfonamides is 1. The Bertz CT molecular complexity index is 1240. The lowest BCUT2D eigenvalue weighted by atomic mass is 10.0. The maximum absolute atomic E-state index is 13.3. The number of carbonyl (C=O) groups excluding carboxylic acids is 1. The molecule has 3 aromatic rings. The number of amides is 1. The quantitative estimate of drug-likeness (QED) is 0.606. The highest BCUT2D eigenvalue weighted by molar-refractivity contribution is 7.91. The third kappa shape index (κ3) is 3.34. The van der Waals surface area contributed by atoms with Gasteiger partial charge in [0.05, 0.1) is 4.34 Å². The van der Waals surface area contributed by atoms with E-state index in [1.807, 2.05) is 18.2 Å². The molecule has 2 aromatic carbocycles. The van der Waals surface area contributed by atoms with Gasteiger partial charge in [0.1, 0.15) is 10.3 Å². The van der Waals surface area contributed by atoms with Crippen molar-refractivity contribution in [2.45, 2.75) is 42.4 Å². The number of nitrogens with one attached hydrogen (secondary N) is 1. The van der Waals surface area contributed by atoms with Crippen molar-refractivity contribution in [3.05, 3.63) is 57.9 Å². The second-order valence-corrected chi connectivity index (χ2v) is 11.6. The molecule has 2 heterocycles. The number of nitrogens with zero attached hydrogens (tertiary/aromatic N) is 1. The Morgan fingerprint density at radius 2 is 1.87 bits per heavy atom. The number of thiophene rings is 1. The fourth-order valence-electron chi connectivity index (χ4n) is 4.58. The van der Waals surface area contributed by atoms with Crippen LogP contribution < -0.4 is 5.32 Å². The smallest absolute Gasteiger partial charge is 0.253 e. The topological polar surface area (TPSA) is 66.5 Å². The molecule has 0 unspecified atom stereocenters. The SMILES string of the molecule is O=C(Nc1ccc2c3c(cccc13)CC2)[C@@H]1CCCCN1S(=O)(=O)c1ccc(Cl)s1. The van der Waals surface area contributed by atoms with Gasteiger partial charge in [-0.3, -0.25) is 4.79 Å². The molecule has 1 amide bonds. The molecular weight excluding hydrogens is 440 g/mol. The van der Waals surface area contributed by atoms with Crippen molar-refractivity contribution in [2.75, 3.05) is 11.9 Å². The molecule has 30 heavy (non-hydrogen) atoms. The minimum Gasteiger partial charge on any atom is -0.324 e. The fourth-order valence-corrected chi connectivity index (χ4v) is 7.85. The molecule has 1 aromatic heterocycles. The normalized spacial score (nSPS) is 19.3. The summed E-state index contributed by atoms with van der Waals surface area (Å²) in [6.07, 6.45) is 4.10. The van der Waals surface area contributed by atoms with Gasteiger partial charge in [-0.25, -0.2) is 8.42 Å². The van der Waals surface area contributed by atoms with Crippen molar-refractivity contribution in [1.29, 1.82) is 0 Å². The number of benzene rings is 2. The molecule has 0 radical (unpaired) electrons. The first-order chi connectivity index (χ1) is 14.4. The van der Waals surface area contributed by atoms with Crippen molar-refractivity contribution < 1.29 is 13.2 Å². The minimum atomic E-state index is -3.77. The van der Waals surface area contributed by atoms with E-state index < -0.39 is 16.1 Å². The van der Waals surface area contributed by atoms with Crippen molar-refractivity contribution in [1.82, 2.24) is 4.31 Å². The molecule has 1 atom stereocenters. The molecule has 1 N–H and O–H groups in total. The van der Waals surface area contributed by atoms with E-state index in [-0.39, 0.29) is 10.1 Å². The van der Waals surface area contributed by atoms with Gasteiger partial charge in [-0.05, 0) is 60.4 Å². The van der Waals surface area contributed by atoms with Crippen LogP contribution in [0.1, 0.15) is 30.4 Å². The van der Waals surface area contributed by atoms with Gasteiger partial charge in [0.15, 0.2) is 0 Å². The molecule has 8 heteroatoms. The number of anilines is 1. The van der Waals surface area contributed by atoms with Gasteiger partial charge >= 0.3 is 0 Å². The van der Waals surface area contributed by atoms with E-state index in [2.05, 4.69) is 17.4 Å². The van der Waals surface area contributed by atoms with Gasteiger partial charge in [-0.2, -0.15) is 4.31 Å². The van der Waals surface area contributed by atoms with E-state index in [4.69, 9.17) is 11.6 Å². The zero-order chi connectivity index (χ0) is 20.9. The average molecular weight is 461 g/mol. The Hall–Kier alpha value is -1.93. The third-order valence-corrected chi connectivity index (χ3v) is 9.61. The van der Waals surface area contributed by atoms with E-state index >= 15 is 0 Å². The predicted octanol–water partition coefficient (Wildman–Crippen LogP) is 4.84. The molecule has 1 aliphatic heterocycles. The highest BCUT2D eigenvalue weighted by Gasteiger charge is 2.38. The van der Waals surface area contributed by atoms with Gasteiger partial charge in [-0.1, -0.05) is 42.3 Å². The van der Waals surface area contributed by atoms with E-state index in [9.17, 15) is 13.2 Å². The van der Waals surface area contributed by atoms with Gasteiger partial charge in [0.25, 0.3) is 10.0 Å². The van der Waals surface area contributed by atoms with Gasteiger partial charge < -0.3 is 5.32 Å². The zero-order valence-electron chi connectivity index (χ0n) is 16.2. The largest absolute Gasteiger partial charge is 0.324 e. The number of hydrogen-bond donors (Lipinski definition) is 1. The van der Waals surface area contributed by atoms with E-state index in [0.29, 0.717) is 17.3 Å². The predicted molar refractivity (Wildman–Crippen MR) is 121 cm³/mol. The van der Waals surface area contributed by atoms with Gasteiger partial charge in [0.2, 0.25) is 5.91 Å². The Kier molecular flexibility index (Phi) is 5.09. The lowest BCUT2D eigenvalue weighted by Crippen LogP contribution is -2.49.